The van der Waals surface area contributed by atoms with Gasteiger partial charge in [-0.2, -0.15) is 18.4 Å². The number of benzene rings is 2. The van der Waals surface area contributed by atoms with Crippen molar-refractivity contribution in [1.82, 2.24) is 4.83 Å². The molecule has 10 nitrogen and oxygen atoms in total. The van der Waals surface area contributed by atoms with Crippen molar-refractivity contribution in [1.29, 1.82) is 0 Å². The maximum Gasteiger partial charge on any atom is 0.307 e. The molecule has 1 aliphatic rings. The third-order valence-corrected chi connectivity index (χ3v) is 7.21. The monoisotopic (exact) mass is 503 g/mol. The first-order chi connectivity index (χ1) is 16.7. The molecule has 0 aromatic heterocycles. The standard InChI is InChI=1S/C24H29N3O7S/c1-15(26-27-35(31,32)22-14-18(33-2)12-13-21(22)34-3)16-8-10-17(11-9-16)25-23(28)19-6-4-5-7-20(19)24(29)30/h8-14,19-20,27H,4-7H2,1-3H3,(H,25,28)(H,29,30)/b26-15-/t19-,20-/m1/s1. The fraction of sp³-hybridized carbons (Fsp3) is 0.375. The number of aliphatic carboxylic acids is 1. The molecule has 3 N–H and O–H groups in total. The van der Waals surface area contributed by atoms with Crippen molar-refractivity contribution in [3.8, 4) is 11.5 Å². The van der Waals surface area contributed by atoms with Gasteiger partial charge >= 0.3 is 5.97 Å². The van der Waals surface area contributed by atoms with E-state index in [9.17, 15) is 23.1 Å². The molecule has 0 bridgehead atoms. The Hall–Kier alpha value is -3.60. The highest BCUT2D eigenvalue weighted by atomic mass is 32.2. The highest BCUT2D eigenvalue weighted by Gasteiger charge is 2.35. The lowest BCUT2D eigenvalue weighted by Gasteiger charge is -2.27. The summed E-state index contributed by atoms with van der Waals surface area (Å²) in [6.07, 6.45) is 2.68. The number of nitrogens with zero attached hydrogens (tertiary/aromatic N) is 1. The maximum absolute atomic E-state index is 12.8. The Morgan fingerprint density at radius 3 is 2.26 bits per heavy atom. The number of sulfonamides is 1. The number of rotatable bonds is 9. The Balaban J connectivity index is 1.70. The van der Waals surface area contributed by atoms with Gasteiger partial charge in [0.1, 0.15) is 16.4 Å². The van der Waals surface area contributed by atoms with Gasteiger partial charge in [0.2, 0.25) is 5.91 Å². The number of anilines is 1. The van der Waals surface area contributed by atoms with Crippen LogP contribution in [0.2, 0.25) is 0 Å². The number of amides is 1. The lowest BCUT2D eigenvalue weighted by atomic mass is 9.78. The minimum Gasteiger partial charge on any atom is -0.497 e. The summed E-state index contributed by atoms with van der Waals surface area (Å²) in [5.41, 5.74) is 1.54. The molecule has 1 fully saturated rings. The molecule has 0 unspecified atom stereocenters. The van der Waals surface area contributed by atoms with Crippen LogP contribution in [0.25, 0.3) is 0 Å². The molecule has 0 heterocycles. The van der Waals surface area contributed by atoms with Gasteiger partial charge in [-0.05, 0) is 49.6 Å². The van der Waals surface area contributed by atoms with Gasteiger partial charge in [-0.3, -0.25) is 9.59 Å². The van der Waals surface area contributed by atoms with Crippen LogP contribution in [0.4, 0.5) is 5.69 Å². The molecule has 188 valence electrons. The van der Waals surface area contributed by atoms with Crippen molar-refractivity contribution in [2.24, 2.45) is 16.9 Å². The Kier molecular flexibility index (Phi) is 8.34. The fourth-order valence-electron chi connectivity index (χ4n) is 4.01. The van der Waals surface area contributed by atoms with Crippen LogP contribution in [-0.4, -0.2) is 45.3 Å². The van der Waals surface area contributed by atoms with Gasteiger partial charge in [0, 0.05) is 11.8 Å². The van der Waals surface area contributed by atoms with Gasteiger partial charge in [-0.15, -0.1) is 0 Å². The van der Waals surface area contributed by atoms with E-state index >= 15 is 0 Å². The third-order valence-electron chi connectivity index (χ3n) is 5.98. The van der Waals surface area contributed by atoms with E-state index in [2.05, 4.69) is 15.2 Å². The first-order valence-electron chi connectivity index (χ1n) is 11.1. The van der Waals surface area contributed by atoms with Gasteiger partial charge in [0.05, 0.1) is 31.8 Å². The van der Waals surface area contributed by atoms with Crippen molar-refractivity contribution in [2.45, 2.75) is 37.5 Å². The first-order valence-corrected chi connectivity index (χ1v) is 12.6. The molecule has 0 spiro atoms. The lowest BCUT2D eigenvalue weighted by Crippen LogP contribution is -2.36. The van der Waals surface area contributed by atoms with Crippen molar-refractivity contribution in [3.05, 3.63) is 48.0 Å². The van der Waals surface area contributed by atoms with Crippen LogP contribution < -0.4 is 19.6 Å². The van der Waals surface area contributed by atoms with E-state index in [0.29, 0.717) is 35.6 Å². The number of carboxylic acids is 1. The van der Waals surface area contributed by atoms with Gasteiger partial charge in [-0.25, -0.2) is 0 Å². The molecule has 1 saturated carbocycles. The van der Waals surface area contributed by atoms with Crippen LogP contribution in [0.3, 0.4) is 0 Å². The van der Waals surface area contributed by atoms with Crippen LogP contribution in [0, 0.1) is 11.8 Å². The van der Waals surface area contributed by atoms with Crippen LogP contribution in [-0.2, 0) is 19.6 Å². The summed E-state index contributed by atoms with van der Waals surface area (Å²) in [6.45, 7) is 1.64. The van der Waals surface area contributed by atoms with E-state index in [1.165, 1.54) is 26.4 Å². The molecular weight excluding hydrogens is 474 g/mol. The molecule has 1 amide bonds. The Morgan fingerprint density at radius 1 is 1.00 bits per heavy atom. The summed E-state index contributed by atoms with van der Waals surface area (Å²) in [6, 6.07) is 11.1. The van der Waals surface area contributed by atoms with E-state index < -0.39 is 27.8 Å². The maximum atomic E-state index is 12.8. The predicted octanol–water partition coefficient (Wildman–Crippen LogP) is 3.24. The van der Waals surface area contributed by atoms with Gasteiger partial charge in [0.25, 0.3) is 10.0 Å². The molecule has 2 aromatic carbocycles. The van der Waals surface area contributed by atoms with Crippen LogP contribution >= 0.6 is 0 Å². The number of ether oxygens (including phenoxy) is 2. The SMILES string of the molecule is COc1ccc(OC)c(S(=O)(=O)N/N=C(/C)c2ccc(NC(=O)[C@@H]3CCCC[C@H]3C(=O)O)cc2)c1. The third kappa shape index (κ3) is 6.30. The largest absolute Gasteiger partial charge is 0.497 e. The topological polar surface area (TPSA) is 143 Å². The summed E-state index contributed by atoms with van der Waals surface area (Å²) in [4.78, 5) is 26.2. The van der Waals surface area contributed by atoms with Crippen LogP contribution in [0.5, 0.6) is 11.5 Å². The van der Waals surface area contributed by atoms with Gasteiger partial charge in [-0.1, -0.05) is 25.0 Å². The van der Waals surface area contributed by atoms with Crippen LogP contribution in [0.15, 0.2) is 52.5 Å². The zero-order valence-electron chi connectivity index (χ0n) is 19.8. The normalized spacial score (nSPS) is 18.4. The van der Waals surface area contributed by atoms with E-state index in [1.54, 1.807) is 37.3 Å². The number of hydrazone groups is 1. The smallest absolute Gasteiger partial charge is 0.307 e. The summed E-state index contributed by atoms with van der Waals surface area (Å²) < 4.78 is 35.8. The molecule has 1 aliphatic carbocycles. The van der Waals surface area contributed by atoms with Crippen molar-refractivity contribution in [2.75, 3.05) is 19.5 Å². The second-order valence-corrected chi connectivity index (χ2v) is 9.84. The van der Waals surface area contributed by atoms with Crippen molar-refractivity contribution in [3.63, 3.8) is 0 Å². The summed E-state index contributed by atoms with van der Waals surface area (Å²) in [7, 11) is -1.24. The second kappa shape index (κ2) is 11.2. The average Bonchev–Trinajstić information content (AvgIpc) is 2.87. The highest BCUT2D eigenvalue weighted by molar-refractivity contribution is 7.89. The number of carboxylic acid groups (broad SMARTS) is 1. The summed E-state index contributed by atoms with van der Waals surface area (Å²) in [5.74, 6) is -1.99. The predicted molar refractivity (Wildman–Crippen MR) is 130 cm³/mol. The van der Waals surface area contributed by atoms with E-state index in [-0.39, 0.29) is 16.6 Å². The number of nitrogens with one attached hydrogen (secondary N) is 2. The van der Waals surface area contributed by atoms with Gasteiger partial charge < -0.3 is 19.9 Å². The Bertz CT molecular complexity index is 1210. The van der Waals surface area contributed by atoms with Crippen LogP contribution in [0.1, 0.15) is 38.2 Å². The molecule has 35 heavy (non-hydrogen) atoms. The number of hydrogen-bond acceptors (Lipinski definition) is 7. The second-order valence-electron chi connectivity index (χ2n) is 8.21. The highest BCUT2D eigenvalue weighted by Crippen LogP contribution is 2.31. The molecule has 0 radical (unpaired) electrons. The molecule has 2 aromatic rings. The molecule has 0 saturated heterocycles. The zero-order chi connectivity index (χ0) is 25.6. The van der Waals surface area contributed by atoms with E-state index in [0.717, 1.165) is 12.8 Å². The zero-order valence-corrected chi connectivity index (χ0v) is 20.6. The summed E-state index contributed by atoms with van der Waals surface area (Å²) in [5, 5.41) is 16.2. The number of carbonyl (C=O) groups excluding carboxylic acids is 1. The fourth-order valence-corrected chi connectivity index (χ4v) is 5.05. The number of methoxy groups -OCH3 is 2. The molecule has 2 atom stereocenters. The van der Waals surface area contributed by atoms with E-state index in [4.69, 9.17) is 9.47 Å². The Labute approximate surface area is 204 Å². The number of carbonyl (C=O) groups is 2. The minimum absolute atomic E-state index is 0.115. The molecule has 0 aliphatic heterocycles. The molecule has 3 rings (SSSR count). The van der Waals surface area contributed by atoms with Gasteiger partial charge in [0.15, 0.2) is 0 Å². The summed E-state index contributed by atoms with van der Waals surface area (Å²) >= 11 is 0. The molecular formula is C24H29N3O7S. The van der Waals surface area contributed by atoms with Crippen molar-refractivity contribution >= 4 is 33.3 Å². The lowest BCUT2D eigenvalue weighted by molar-refractivity contribution is -0.147. The van der Waals surface area contributed by atoms with E-state index in [1.807, 2.05) is 0 Å². The first kappa shape index (κ1) is 26.0. The molecule has 11 heteroatoms. The minimum atomic E-state index is -4.03. The quantitative estimate of drug-likeness (QED) is 0.352. The number of hydrogen-bond donors (Lipinski definition) is 3. The van der Waals surface area contributed by atoms with Crippen molar-refractivity contribution < 1.29 is 32.6 Å². The Morgan fingerprint density at radius 2 is 1.66 bits per heavy atom. The average molecular weight is 504 g/mol.